The van der Waals surface area contributed by atoms with Gasteiger partial charge in [0.25, 0.3) is 5.91 Å². The molecular formula is C16H20N2O6S. The summed E-state index contributed by atoms with van der Waals surface area (Å²) in [6.07, 6.45) is 0.573. The summed E-state index contributed by atoms with van der Waals surface area (Å²) in [6, 6.07) is 4.38. The van der Waals surface area contributed by atoms with Crippen molar-refractivity contribution in [3.8, 4) is 0 Å². The average molecular weight is 368 g/mol. The Kier molecular flexibility index (Phi) is 4.81. The van der Waals surface area contributed by atoms with Gasteiger partial charge in [0.05, 0.1) is 18.0 Å². The lowest BCUT2D eigenvalue weighted by Crippen LogP contribution is -2.48. The number of carbonyl (C=O) groups is 2. The molecule has 1 atom stereocenters. The molecule has 2 N–H and O–H groups in total. The first kappa shape index (κ1) is 17.8. The van der Waals surface area contributed by atoms with E-state index in [9.17, 15) is 18.0 Å². The SMILES string of the molecule is Cc1ccc(S(=O)(=O)NC2CC2)cc1C(=O)N1CCOC(C(=O)O)C1. The van der Waals surface area contributed by atoms with Crippen LogP contribution in [0.2, 0.25) is 0 Å². The maximum absolute atomic E-state index is 12.8. The molecular weight excluding hydrogens is 348 g/mol. The zero-order chi connectivity index (χ0) is 18.2. The number of aliphatic carboxylic acids is 1. The van der Waals surface area contributed by atoms with Crippen molar-refractivity contribution in [1.29, 1.82) is 0 Å². The van der Waals surface area contributed by atoms with Crippen molar-refractivity contribution < 1.29 is 27.9 Å². The Morgan fingerprint density at radius 1 is 1.32 bits per heavy atom. The summed E-state index contributed by atoms with van der Waals surface area (Å²) in [5.74, 6) is -1.52. The molecule has 0 spiro atoms. The average Bonchev–Trinajstić information content (AvgIpc) is 3.37. The lowest BCUT2D eigenvalue weighted by molar-refractivity contribution is -0.154. The number of sulfonamides is 1. The molecule has 2 aliphatic rings. The Labute approximate surface area is 145 Å². The quantitative estimate of drug-likeness (QED) is 0.776. The largest absolute Gasteiger partial charge is 0.479 e. The molecule has 1 aromatic rings. The standard InChI is InChI=1S/C16H20N2O6S/c1-10-2-5-12(25(22,23)17-11-3-4-11)8-13(10)15(19)18-6-7-24-14(9-18)16(20)21/h2,5,8,11,14,17H,3-4,6-7,9H2,1H3,(H,20,21). The first-order valence-electron chi connectivity index (χ1n) is 8.04. The molecule has 1 aromatic carbocycles. The van der Waals surface area contributed by atoms with Crippen LogP contribution in [0.4, 0.5) is 0 Å². The van der Waals surface area contributed by atoms with E-state index in [1.165, 1.54) is 17.0 Å². The number of benzene rings is 1. The summed E-state index contributed by atoms with van der Waals surface area (Å²) in [4.78, 5) is 25.3. The molecule has 1 aliphatic heterocycles. The highest BCUT2D eigenvalue weighted by molar-refractivity contribution is 7.89. The van der Waals surface area contributed by atoms with Gasteiger partial charge in [-0.2, -0.15) is 0 Å². The van der Waals surface area contributed by atoms with Gasteiger partial charge in [0.1, 0.15) is 0 Å². The molecule has 2 fully saturated rings. The van der Waals surface area contributed by atoms with Crippen LogP contribution in [0.15, 0.2) is 23.1 Å². The Morgan fingerprint density at radius 3 is 2.68 bits per heavy atom. The molecule has 1 saturated carbocycles. The van der Waals surface area contributed by atoms with E-state index in [2.05, 4.69) is 4.72 Å². The molecule has 1 unspecified atom stereocenters. The van der Waals surface area contributed by atoms with Crippen LogP contribution in [0.5, 0.6) is 0 Å². The van der Waals surface area contributed by atoms with Gasteiger partial charge < -0.3 is 14.7 Å². The van der Waals surface area contributed by atoms with Gasteiger partial charge in [-0.1, -0.05) is 6.07 Å². The number of rotatable bonds is 5. The summed E-state index contributed by atoms with van der Waals surface area (Å²) in [6.45, 7) is 2.04. The number of amides is 1. The molecule has 1 aliphatic carbocycles. The van der Waals surface area contributed by atoms with Crippen LogP contribution in [0, 0.1) is 6.92 Å². The topological polar surface area (TPSA) is 113 Å². The summed E-state index contributed by atoms with van der Waals surface area (Å²) in [5.41, 5.74) is 0.887. The maximum Gasteiger partial charge on any atom is 0.334 e. The zero-order valence-corrected chi connectivity index (χ0v) is 14.6. The van der Waals surface area contributed by atoms with E-state index in [0.717, 1.165) is 12.8 Å². The molecule has 9 heteroatoms. The Morgan fingerprint density at radius 2 is 2.04 bits per heavy atom. The van der Waals surface area contributed by atoms with Crippen molar-refractivity contribution >= 4 is 21.9 Å². The van der Waals surface area contributed by atoms with E-state index in [0.29, 0.717) is 5.56 Å². The second-order valence-electron chi connectivity index (χ2n) is 6.32. The van der Waals surface area contributed by atoms with Gasteiger partial charge in [0.15, 0.2) is 6.10 Å². The van der Waals surface area contributed by atoms with Crippen molar-refractivity contribution in [2.45, 2.75) is 36.8 Å². The fraction of sp³-hybridized carbons (Fsp3) is 0.500. The first-order valence-corrected chi connectivity index (χ1v) is 9.53. The molecule has 0 aromatic heterocycles. The molecule has 1 amide bonds. The second-order valence-corrected chi connectivity index (χ2v) is 8.04. The van der Waals surface area contributed by atoms with Crippen molar-refractivity contribution in [1.82, 2.24) is 9.62 Å². The second kappa shape index (κ2) is 6.74. The summed E-state index contributed by atoms with van der Waals surface area (Å²) in [5, 5.41) is 9.05. The van der Waals surface area contributed by atoms with Crippen molar-refractivity contribution in [2.24, 2.45) is 0 Å². The molecule has 1 saturated heterocycles. The number of ether oxygens (including phenoxy) is 1. The number of carboxylic acids is 1. The number of nitrogens with zero attached hydrogens (tertiary/aromatic N) is 1. The van der Waals surface area contributed by atoms with Gasteiger partial charge in [-0.15, -0.1) is 0 Å². The van der Waals surface area contributed by atoms with E-state index < -0.39 is 28.0 Å². The minimum absolute atomic E-state index is 0.0268. The van der Waals surface area contributed by atoms with Crippen molar-refractivity contribution in [3.63, 3.8) is 0 Å². The van der Waals surface area contributed by atoms with Crippen LogP contribution in [0.25, 0.3) is 0 Å². The Bertz CT molecular complexity index is 803. The molecule has 3 rings (SSSR count). The highest BCUT2D eigenvalue weighted by atomic mass is 32.2. The highest BCUT2D eigenvalue weighted by Gasteiger charge is 2.31. The molecule has 1 heterocycles. The Hall–Kier alpha value is -1.97. The fourth-order valence-corrected chi connectivity index (χ4v) is 3.97. The number of carbonyl (C=O) groups excluding carboxylic acids is 1. The third-order valence-corrected chi connectivity index (χ3v) is 5.80. The molecule has 25 heavy (non-hydrogen) atoms. The van der Waals surface area contributed by atoms with Crippen molar-refractivity contribution in [3.05, 3.63) is 29.3 Å². The maximum atomic E-state index is 12.8. The summed E-state index contributed by atoms with van der Waals surface area (Å²) in [7, 11) is -3.66. The van der Waals surface area contributed by atoms with Crippen LogP contribution in [0.3, 0.4) is 0 Å². The predicted octanol–water partition coefficient (Wildman–Crippen LogP) is 0.361. The summed E-state index contributed by atoms with van der Waals surface area (Å²) < 4.78 is 32.4. The van der Waals surface area contributed by atoms with Crippen LogP contribution >= 0.6 is 0 Å². The highest BCUT2D eigenvalue weighted by Crippen LogP contribution is 2.24. The lowest BCUT2D eigenvalue weighted by atomic mass is 10.1. The Balaban J connectivity index is 1.84. The zero-order valence-electron chi connectivity index (χ0n) is 13.8. The number of hydrogen-bond acceptors (Lipinski definition) is 5. The number of nitrogens with one attached hydrogen (secondary N) is 1. The van der Waals surface area contributed by atoms with E-state index >= 15 is 0 Å². The van der Waals surface area contributed by atoms with Crippen LogP contribution in [-0.2, 0) is 19.6 Å². The van der Waals surface area contributed by atoms with Gasteiger partial charge >= 0.3 is 5.97 Å². The van der Waals surface area contributed by atoms with Gasteiger partial charge in [-0.3, -0.25) is 4.79 Å². The van der Waals surface area contributed by atoms with Gasteiger partial charge in [-0.25, -0.2) is 17.9 Å². The molecule has 0 radical (unpaired) electrons. The van der Waals surface area contributed by atoms with E-state index in [1.54, 1.807) is 13.0 Å². The van der Waals surface area contributed by atoms with E-state index in [4.69, 9.17) is 9.84 Å². The van der Waals surface area contributed by atoms with Crippen molar-refractivity contribution in [2.75, 3.05) is 19.7 Å². The lowest BCUT2D eigenvalue weighted by Gasteiger charge is -2.31. The predicted molar refractivity (Wildman–Crippen MR) is 87.8 cm³/mol. The van der Waals surface area contributed by atoms with Crippen LogP contribution in [-0.4, -0.2) is 62.1 Å². The van der Waals surface area contributed by atoms with Gasteiger partial charge in [0.2, 0.25) is 10.0 Å². The third kappa shape index (κ3) is 4.00. The molecule has 8 nitrogen and oxygen atoms in total. The molecule has 0 bridgehead atoms. The number of morpholine rings is 1. The van der Waals surface area contributed by atoms with Gasteiger partial charge in [-0.05, 0) is 37.5 Å². The van der Waals surface area contributed by atoms with Gasteiger partial charge in [0, 0.05) is 18.2 Å². The summed E-state index contributed by atoms with van der Waals surface area (Å²) >= 11 is 0. The molecule has 136 valence electrons. The van der Waals surface area contributed by atoms with E-state index in [1.807, 2.05) is 0 Å². The number of carboxylic acid groups (broad SMARTS) is 1. The first-order chi connectivity index (χ1) is 11.8. The third-order valence-electron chi connectivity index (χ3n) is 4.28. The van der Waals surface area contributed by atoms with Crippen LogP contribution < -0.4 is 4.72 Å². The number of aryl methyl sites for hydroxylation is 1. The smallest absolute Gasteiger partial charge is 0.334 e. The van der Waals surface area contributed by atoms with Crippen LogP contribution in [0.1, 0.15) is 28.8 Å². The minimum atomic E-state index is -3.66. The van der Waals surface area contributed by atoms with E-state index in [-0.39, 0.29) is 36.2 Å². The monoisotopic (exact) mass is 368 g/mol. The normalized spacial score (nSPS) is 21.2. The minimum Gasteiger partial charge on any atom is -0.479 e. The number of hydrogen-bond donors (Lipinski definition) is 2. The fourth-order valence-electron chi connectivity index (χ4n) is 2.64.